The molecule has 0 aliphatic heterocycles. The highest BCUT2D eigenvalue weighted by molar-refractivity contribution is 8.01. The number of ketones is 1. The molecule has 0 unspecified atom stereocenters. The Kier molecular flexibility index (Phi) is 4.57. The summed E-state index contributed by atoms with van der Waals surface area (Å²) in [6, 6.07) is 5.64. The summed E-state index contributed by atoms with van der Waals surface area (Å²) < 4.78 is 38.2. The van der Waals surface area contributed by atoms with E-state index in [4.69, 9.17) is 0 Å². The number of Topliss-reactive ketones (excluding diaryl/α,β-unsaturated/α-hetero) is 1. The summed E-state index contributed by atoms with van der Waals surface area (Å²) >= 11 is 1.73. The van der Waals surface area contributed by atoms with Crippen LogP contribution in [-0.4, -0.2) is 10.7 Å². The second-order valence-corrected chi connectivity index (χ2v) is 6.62. The normalized spacial score (nSPS) is 11.5. The minimum Gasteiger partial charge on any atom is -0.294 e. The minimum atomic E-state index is -4.48. The molecule has 0 radical (unpaired) electrons. The van der Waals surface area contributed by atoms with Gasteiger partial charge in [0.15, 0.2) is 5.78 Å². The predicted octanol–water partition coefficient (Wildman–Crippen LogP) is 5.03. The number of nitro groups is 1. The van der Waals surface area contributed by atoms with Gasteiger partial charge in [0, 0.05) is 11.0 Å². The van der Waals surface area contributed by atoms with Gasteiger partial charge in [-0.15, -0.1) is 11.3 Å². The molecule has 22 heavy (non-hydrogen) atoms. The largest absolute Gasteiger partial charge is 0.416 e. The molecule has 0 saturated carbocycles. The molecule has 0 bridgehead atoms. The van der Waals surface area contributed by atoms with Gasteiger partial charge in [0.1, 0.15) is 4.21 Å². The Hall–Kier alpha value is -1.87. The molecule has 0 N–H and O–H groups in total. The average Bonchev–Trinajstić information content (AvgIpc) is 2.82. The Balaban J connectivity index is 2.38. The van der Waals surface area contributed by atoms with Crippen LogP contribution in [0.1, 0.15) is 22.2 Å². The van der Waals surface area contributed by atoms with Gasteiger partial charge in [-0.1, -0.05) is 17.8 Å². The second kappa shape index (κ2) is 6.09. The first kappa shape index (κ1) is 16.5. The standard InChI is InChI=1S/C13H8F3NO3S2/c1-7(18)11-6-10(17(19)20)12(22-11)21-9-4-2-3-8(5-9)13(14,15)16/h2-6H,1H3. The summed E-state index contributed by atoms with van der Waals surface area (Å²) in [6.45, 7) is 1.27. The van der Waals surface area contributed by atoms with Crippen molar-refractivity contribution in [1.82, 2.24) is 0 Å². The van der Waals surface area contributed by atoms with Crippen LogP contribution in [0.4, 0.5) is 18.9 Å². The molecular formula is C13H8F3NO3S2. The van der Waals surface area contributed by atoms with Crippen molar-refractivity contribution >= 4 is 34.6 Å². The van der Waals surface area contributed by atoms with Crippen LogP contribution in [0, 0.1) is 10.1 Å². The number of carbonyl (C=O) groups is 1. The van der Waals surface area contributed by atoms with Gasteiger partial charge in [-0.05, 0) is 25.1 Å². The summed E-state index contributed by atoms with van der Waals surface area (Å²) in [5, 5.41) is 11.0. The van der Waals surface area contributed by atoms with E-state index in [1.54, 1.807) is 0 Å². The third kappa shape index (κ3) is 3.66. The van der Waals surface area contributed by atoms with Crippen molar-refractivity contribution in [2.75, 3.05) is 0 Å². The zero-order chi connectivity index (χ0) is 16.5. The maximum absolute atomic E-state index is 12.7. The summed E-state index contributed by atoms with van der Waals surface area (Å²) in [6.07, 6.45) is -4.48. The number of alkyl halides is 3. The van der Waals surface area contributed by atoms with Crippen molar-refractivity contribution in [3.63, 3.8) is 0 Å². The van der Waals surface area contributed by atoms with Gasteiger partial charge in [0.2, 0.25) is 0 Å². The van der Waals surface area contributed by atoms with E-state index in [2.05, 4.69) is 0 Å². The molecule has 0 atom stereocenters. The van der Waals surface area contributed by atoms with Gasteiger partial charge < -0.3 is 0 Å². The fourth-order valence-corrected chi connectivity index (χ4v) is 3.84. The number of carbonyl (C=O) groups excluding carboxylic acids is 1. The Morgan fingerprint density at radius 1 is 1.32 bits per heavy atom. The highest BCUT2D eigenvalue weighted by Gasteiger charge is 2.31. The summed E-state index contributed by atoms with van der Waals surface area (Å²) in [4.78, 5) is 22.0. The topological polar surface area (TPSA) is 60.2 Å². The van der Waals surface area contributed by atoms with Crippen molar-refractivity contribution in [2.45, 2.75) is 22.2 Å². The average molecular weight is 347 g/mol. The van der Waals surface area contributed by atoms with E-state index < -0.39 is 16.7 Å². The number of hydrogen-bond donors (Lipinski definition) is 0. The zero-order valence-electron chi connectivity index (χ0n) is 11.0. The van der Waals surface area contributed by atoms with Gasteiger partial charge in [-0.25, -0.2) is 0 Å². The van der Waals surface area contributed by atoms with Crippen LogP contribution in [0.15, 0.2) is 39.4 Å². The molecule has 2 rings (SSSR count). The smallest absolute Gasteiger partial charge is 0.294 e. The first-order chi connectivity index (χ1) is 10.2. The van der Waals surface area contributed by atoms with Crippen LogP contribution >= 0.6 is 23.1 Å². The molecule has 1 aromatic heterocycles. The molecule has 2 aromatic rings. The van der Waals surface area contributed by atoms with E-state index >= 15 is 0 Å². The zero-order valence-corrected chi connectivity index (χ0v) is 12.6. The fourth-order valence-electron chi connectivity index (χ4n) is 1.58. The van der Waals surface area contributed by atoms with E-state index in [1.807, 2.05) is 0 Å². The Bertz CT molecular complexity index is 740. The van der Waals surface area contributed by atoms with Crippen LogP contribution in [0.5, 0.6) is 0 Å². The lowest BCUT2D eigenvalue weighted by atomic mass is 10.2. The van der Waals surface area contributed by atoms with Crippen molar-refractivity contribution in [2.24, 2.45) is 0 Å². The molecular weight excluding hydrogens is 339 g/mol. The molecule has 0 spiro atoms. The highest BCUT2D eigenvalue weighted by atomic mass is 32.2. The molecule has 0 saturated heterocycles. The van der Waals surface area contributed by atoms with E-state index in [1.165, 1.54) is 19.1 Å². The van der Waals surface area contributed by atoms with Crippen LogP contribution in [0.2, 0.25) is 0 Å². The first-order valence-corrected chi connectivity index (χ1v) is 7.46. The molecule has 1 aromatic carbocycles. The van der Waals surface area contributed by atoms with E-state index in [-0.39, 0.29) is 25.5 Å². The van der Waals surface area contributed by atoms with Crippen molar-refractivity contribution in [1.29, 1.82) is 0 Å². The van der Waals surface area contributed by atoms with Crippen molar-refractivity contribution in [3.05, 3.63) is 50.9 Å². The quantitative estimate of drug-likeness (QED) is 0.442. The van der Waals surface area contributed by atoms with Gasteiger partial charge in [-0.2, -0.15) is 13.2 Å². The summed E-state index contributed by atoms with van der Waals surface area (Å²) in [5.74, 6) is -0.330. The summed E-state index contributed by atoms with van der Waals surface area (Å²) in [5.41, 5.74) is -1.11. The highest BCUT2D eigenvalue weighted by Crippen LogP contribution is 2.42. The van der Waals surface area contributed by atoms with Crippen molar-refractivity contribution < 1.29 is 22.9 Å². The molecule has 0 fully saturated rings. The second-order valence-electron chi connectivity index (χ2n) is 4.22. The lowest BCUT2D eigenvalue weighted by Gasteiger charge is -2.07. The molecule has 9 heteroatoms. The predicted molar refractivity (Wildman–Crippen MR) is 76.5 cm³/mol. The van der Waals surface area contributed by atoms with Gasteiger partial charge in [0.25, 0.3) is 5.69 Å². The first-order valence-electron chi connectivity index (χ1n) is 5.83. The molecule has 116 valence electrons. The number of hydrogen-bond acceptors (Lipinski definition) is 5. The lowest BCUT2D eigenvalue weighted by molar-refractivity contribution is -0.387. The summed E-state index contributed by atoms with van der Waals surface area (Å²) in [7, 11) is 0. The number of halogens is 3. The number of benzene rings is 1. The van der Waals surface area contributed by atoms with Gasteiger partial charge in [0.05, 0.1) is 15.4 Å². The monoisotopic (exact) mass is 347 g/mol. The van der Waals surface area contributed by atoms with Crippen LogP contribution in [0.25, 0.3) is 0 Å². The molecule has 1 heterocycles. The third-order valence-electron chi connectivity index (χ3n) is 2.60. The molecule has 4 nitrogen and oxygen atoms in total. The number of nitrogens with zero attached hydrogens (tertiary/aromatic N) is 1. The Morgan fingerprint density at radius 3 is 2.55 bits per heavy atom. The molecule has 0 aliphatic carbocycles. The lowest BCUT2D eigenvalue weighted by Crippen LogP contribution is -2.04. The van der Waals surface area contributed by atoms with Gasteiger partial charge in [-0.3, -0.25) is 14.9 Å². The third-order valence-corrected chi connectivity index (χ3v) is 5.00. The van der Waals surface area contributed by atoms with E-state index in [0.29, 0.717) is 0 Å². The van der Waals surface area contributed by atoms with Gasteiger partial charge >= 0.3 is 6.18 Å². The van der Waals surface area contributed by atoms with E-state index in [9.17, 15) is 28.1 Å². The number of rotatable bonds is 4. The SMILES string of the molecule is CC(=O)c1cc([N+](=O)[O-])c(Sc2cccc(C(F)(F)F)c2)s1. The molecule has 0 amide bonds. The van der Waals surface area contributed by atoms with Crippen LogP contribution in [0.3, 0.4) is 0 Å². The number of thiophene rings is 1. The minimum absolute atomic E-state index is 0.175. The molecule has 0 aliphatic rings. The Morgan fingerprint density at radius 2 is 2.00 bits per heavy atom. The fraction of sp³-hybridized carbons (Fsp3) is 0.154. The maximum atomic E-state index is 12.7. The van der Waals surface area contributed by atoms with Crippen LogP contribution in [-0.2, 0) is 6.18 Å². The Labute approximate surface area is 131 Å². The maximum Gasteiger partial charge on any atom is 0.416 e. The van der Waals surface area contributed by atoms with Crippen LogP contribution < -0.4 is 0 Å². The van der Waals surface area contributed by atoms with Crippen molar-refractivity contribution in [3.8, 4) is 0 Å². The van der Waals surface area contributed by atoms with E-state index in [0.717, 1.165) is 41.3 Å².